The highest BCUT2D eigenvalue weighted by molar-refractivity contribution is 5.83. The lowest BCUT2D eigenvalue weighted by Crippen LogP contribution is -2.13. The molecule has 1 heteroatoms. The molecule has 0 N–H and O–H groups in total. The van der Waals surface area contributed by atoms with Crippen molar-refractivity contribution in [1.29, 1.82) is 0 Å². The number of fused-ring (bicyclic) bond motifs is 3. The summed E-state index contributed by atoms with van der Waals surface area (Å²) in [6, 6.07) is 44.2. The van der Waals surface area contributed by atoms with Gasteiger partial charge in [0.25, 0.3) is 0 Å². The lowest BCUT2D eigenvalue weighted by atomic mass is 9.87. The van der Waals surface area contributed by atoms with Crippen molar-refractivity contribution < 1.29 is 0 Å². The molecular formula is C35H31N. The quantitative estimate of drug-likeness (QED) is 0.250. The van der Waals surface area contributed by atoms with Crippen LogP contribution in [0.5, 0.6) is 0 Å². The SMILES string of the molecule is CC(C)(C)c1ccc(N(c2ccccc2)c2ccc(-c3ccc4c(c3)-c3ccccc3C4)cc2)cc1. The van der Waals surface area contributed by atoms with Gasteiger partial charge in [-0.3, -0.25) is 0 Å². The number of para-hydroxylation sites is 1. The van der Waals surface area contributed by atoms with Gasteiger partial charge >= 0.3 is 0 Å². The number of hydrogen-bond donors (Lipinski definition) is 0. The van der Waals surface area contributed by atoms with Crippen molar-refractivity contribution in [3.63, 3.8) is 0 Å². The van der Waals surface area contributed by atoms with Gasteiger partial charge in [0.2, 0.25) is 0 Å². The van der Waals surface area contributed by atoms with Crippen molar-refractivity contribution in [2.75, 3.05) is 4.90 Å². The molecule has 0 heterocycles. The van der Waals surface area contributed by atoms with Gasteiger partial charge in [0.1, 0.15) is 0 Å². The van der Waals surface area contributed by atoms with E-state index in [2.05, 4.69) is 147 Å². The van der Waals surface area contributed by atoms with Gasteiger partial charge in [-0.1, -0.05) is 99.6 Å². The van der Waals surface area contributed by atoms with E-state index in [1.165, 1.54) is 38.9 Å². The first kappa shape index (κ1) is 22.4. The Morgan fingerprint density at radius 3 is 1.75 bits per heavy atom. The molecule has 0 fully saturated rings. The maximum absolute atomic E-state index is 2.36. The second kappa shape index (κ2) is 8.84. The number of nitrogens with zero attached hydrogens (tertiary/aromatic N) is 1. The molecule has 5 aromatic carbocycles. The molecule has 0 spiro atoms. The van der Waals surface area contributed by atoms with Crippen LogP contribution in [0.25, 0.3) is 22.3 Å². The van der Waals surface area contributed by atoms with E-state index in [0.29, 0.717) is 0 Å². The zero-order chi connectivity index (χ0) is 24.7. The van der Waals surface area contributed by atoms with E-state index in [9.17, 15) is 0 Å². The summed E-state index contributed by atoms with van der Waals surface area (Å²) in [4.78, 5) is 2.33. The summed E-state index contributed by atoms with van der Waals surface area (Å²) in [7, 11) is 0. The van der Waals surface area contributed by atoms with Crippen molar-refractivity contribution in [2.45, 2.75) is 32.6 Å². The van der Waals surface area contributed by atoms with Crippen LogP contribution < -0.4 is 4.90 Å². The average Bonchev–Trinajstić information content (AvgIpc) is 3.28. The number of hydrogen-bond acceptors (Lipinski definition) is 1. The van der Waals surface area contributed by atoms with Gasteiger partial charge in [-0.25, -0.2) is 0 Å². The molecule has 0 saturated carbocycles. The van der Waals surface area contributed by atoms with Gasteiger partial charge in [-0.15, -0.1) is 0 Å². The monoisotopic (exact) mass is 465 g/mol. The zero-order valence-electron chi connectivity index (χ0n) is 21.2. The summed E-state index contributed by atoms with van der Waals surface area (Å²) in [6.45, 7) is 6.77. The molecule has 5 aromatic rings. The van der Waals surface area contributed by atoms with Crippen LogP contribution in [0.3, 0.4) is 0 Å². The van der Waals surface area contributed by atoms with Crippen LogP contribution in [0.2, 0.25) is 0 Å². The minimum Gasteiger partial charge on any atom is -0.311 e. The number of anilines is 3. The fourth-order valence-corrected chi connectivity index (χ4v) is 5.24. The van der Waals surface area contributed by atoms with E-state index < -0.39 is 0 Å². The molecular weight excluding hydrogens is 434 g/mol. The van der Waals surface area contributed by atoms with Gasteiger partial charge in [0, 0.05) is 17.1 Å². The van der Waals surface area contributed by atoms with Crippen LogP contribution in [-0.2, 0) is 11.8 Å². The lowest BCUT2D eigenvalue weighted by Gasteiger charge is -2.27. The predicted molar refractivity (Wildman–Crippen MR) is 154 cm³/mol. The summed E-state index contributed by atoms with van der Waals surface area (Å²) in [6.07, 6.45) is 1.03. The maximum Gasteiger partial charge on any atom is 0.0462 e. The second-order valence-corrected chi connectivity index (χ2v) is 10.7. The average molecular weight is 466 g/mol. The Hall–Kier alpha value is -4.10. The predicted octanol–water partition coefficient (Wildman–Crippen LogP) is 9.69. The Morgan fingerprint density at radius 2 is 1.06 bits per heavy atom. The number of benzene rings is 5. The van der Waals surface area contributed by atoms with Crippen molar-refractivity contribution in [3.05, 3.63) is 138 Å². The molecule has 0 saturated heterocycles. The lowest BCUT2D eigenvalue weighted by molar-refractivity contribution is 0.590. The minimum absolute atomic E-state index is 0.133. The van der Waals surface area contributed by atoms with Gasteiger partial charge in [0.05, 0.1) is 0 Å². The van der Waals surface area contributed by atoms with Gasteiger partial charge in [-0.2, -0.15) is 0 Å². The summed E-state index contributed by atoms with van der Waals surface area (Å²) < 4.78 is 0. The molecule has 0 unspecified atom stereocenters. The molecule has 176 valence electrons. The molecule has 36 heavy (non-hydrogen) atoms. The van der Waals surface area contributed by atoms with Crippen LogP contribution in [0, 0.1) is 0 Å². The van der Waals surface area contributed by atoms with E-state index >= 15 is 0 Å². The Kier molecular flexibility index (Phi) is 5.49. The van der Waals surface area contributed by atoms with Crippen LogP contribution in [-0.4, -0.2) is 0 Å². The summed E-state index contributed by atoms with van der Waals surface area (Å²) >= 11 is 0. The molecule has 0 aromatic heterocycles. The van der Waals surface area contributed by atoms with E-state index in [1.807, 2.05) is 0 Å². The fourth-order valence-electron chi connectivity index (χ4n) is 5.24. The number of rotatable bonds is 4. The zero-order valence-corrected chi connectivity index (χ0v) is 21.2. The third kappa shape index (κ3) is 4.12. The molecule has 0 bridgehead atoms. The molecule has 0 amide bonds. The van der Waals surface area contributed by atoms with Crippen LogP contribution in [0.15, 0.2) is 121 Å². The van der Waals surface area contributed by atoms with E-state index in [-0.39, 0.29) is 5.41 Å². The van der Waals surface area contributed by atoms with Crippen molar-refractivity contribution in [3.8, 4) is 22.3 Å². The summed E-state index contributed by atoms with van der Waals surface area (Å²) in [5.74, 6) is 0. The van der Waals surface area contributed by atoms with Gasteiger partial charge in [-0.05, 0) is 93.2 Å². The van der Waals surface area contributed by atoms with Crippen molar-refractivity contribution in [2.24, 2.45) is 0 Å². The molecule has 0 radical (unpaired) electrons. The first-order valence-electron chi connectivity index (χ1n) is 12.7. The third-order valence-electron chi connectivity index (χ3n) is 7.26. The van der Waals surface area contributed by atoms with E-state index in [0.717, 1.165) is 23.5 Å². The van der Waals surface area contributed by atoms with Crippen molar-refractivity contribution >= 4 is 17.1 Å². The first-order valence-corrected chi connectivity index (χ1v) is 12.7. The highest BCUT2D eigenvalue weighted by atomic mass is 15.1. The third-order valence-corrected chi connectivity index (χ3v) is 7.26. The summed E-state index contributed by atoms with van der Waals surface area (Å²) in [5, 5.41) is 0. The van der Waals surface area contributed by atoms with E-state index in [1.54, 1.807) is 0 Å². The highest BCUT2D eigenvalue weighted by Gasteiger charge is 2.19. The first-order chi connectivity index (χ1) is 17.5. The highest BCUT2D eigenvalue weighted by Crippen LogP contribution is 2.40. The van der Waals surface area contributed by atoms with Crippen LogP contribution in [0.4, 0.5) is 17.1 Å². The molecule has 1 nitrogen and oxygen atoms in total. The second-order valence-electron chi connectivity index (χ2n) is 10.7. The normalized spacial score (nSPS) is 12.2. The fraction of sp³-hybridized carbons (Fsp3) is 0.143. The van der Waals surface area contributed by atoms with Crippen LogP contribution in [0.1, 0.15) is 37.5 Å². The maximum atomic E-state index is 2.36. The molecule has 1 aliphatic carbocycles. The topological polar surface area (TPSA) is 3.24 Å². The Labute approximate surface area is 214 Å². The van der Waals surface area contributed by atoms with E-state index in [4.69, 9.17) is 0 Å². The molecule has 6 rings (SSSR count). The molecule has 0 aliphatic heterocycles. The van der Waals surface area contributed by atoms with Gasteiger partial charge in [0.15, 0.2) is 0 Å². The Morgan fingerprint density at radius 1 is 0.500 bits per heavy atom. The summed E-state index contributed by atoms with van der Waals surface area (Å²) in [5.41, 5.74) is 13.0. The Balaban J connectivity index is 1.36. The van der Waals surface area contributed by atoms with Crippen LogP contribution >= 0.6 is 0 Å². The molecule has 0 atom stereocenters. The van der Waals surface area contributed by atoms with Gasteiger partial charge < -0.3 is 4.90 Å². The largest absolute Gasteiger partial charge is 0.311 e. The minimum atomic E-state index is 0.133. The van der Waals surface area contributed by atoms with Crippen molar-refractivity contribution in [1.82, 2.24) is 0 Å². The molecule has 1 aliphatic rings. The smallest absolute Gasteiger partial charge is 0.0462 e. The Bertz CT molecular complexity index is 1500. The standard InChI is InChI=1S/C35H31N/c1-35(2,3)29-17-21-32(22-18-29)36(30-10-5-4-6-11-30)31-19-15-25(16-20-31)26-13-14-28-23-27-9-7-8-12-33(27)34(28)24-26/h4-22,24H,23H2,1-3H3.